The molecule has 0 spiro atoms. The molecule has 0 unspecified atom stereocenters. The Balaban J connectivity index is 1.25. The SMILES string of the molecule is c1ccc(-c2ccc(N(c3ccc(-c4ccccc4)c(-c4ccccc4)c3)c3ccc4oc5c6ccccc6ccc5c4c3)cc2)cc1. The van der Waals surface area contributed by atoms with Crippen LogP contribution < -0.4 is 4.90 Å². The molecule has 2 nitrogen and oxygen atoms in total. The van der Waals surface area contributed by atoms with Gasteiger partial charge in [0.05, 0.1) is 0 Å². The van der Waals surface area contributed by atoms with Gasteiger partial charge in [0.1, 0.15) is 11.2 Å². The van der Waals surface area contributed by atoms with Gasteiger partial charge in [-0.25, -0.2) is 0 Å². The normalized spacial score (nSPS) is 11.3. The molecule has 0 radical (unpaired) electrons. The van der Waals surface area contributed by atoms with E-state index in [1.54, 1.807) is 0 Å². The molecule has 0 fully saturated rings. The number of hydrogen-bond donors (Lipinski definition) is 0. The Morgan fingerprint density at radius 3 is 1.62 bits per heavy atom. The van der Waals surface area contributed by atoms with Crippen molar-refractivity contribution in [3.8, 4) is 33.4 Å². The first-order valence-corrected chi connectivity index (χ1v) is 16.3. The third kappa shape index (κ3) is 4.92. The number of nitrogens with zero attached hydrogens (tertiary/aromatic N) is 1. The van der Waals surface area contributed by atoms with Gasteiger partial charge in [-0.05, 0) is 87.3 Å². The molecule has 8 aromatic carbocycles. The van der Waals surface area contributed by atoms with E-state index < -0.39 is 0 Å². The second kappa shape index (κ2) is 11.8. The van der Waals surface area contributed by atoms with Crippen LogP contribution in [0, 0.1) is 0 Å². The van der Waals surface area contributed by atoms with Crippen LogP contribution in [-0.4, -0.2) is 0 Å². The number of benzene rings is 8. The molecule has 1 heterocycles. The van der Waals surface area contributed by atoms with Crippen LogP contribution in [0.25, 0.3) is 66.1 Å². The topological polar surface area (TPSA) is 16.4 Å². The summed E-state index contributed by atoms with van der Waals surface area (Å²) in [5, 5.41) is 4.53. The number of hydrogen-bond acceptors (Lipinski definition) is 2. The fourth-order valence-electron chi connectivity index (χ4n) is 6.91. The van der Waals surface area contributed by atoms with Crippen LogP contribution in [0.2, 0.25) is 0 Å². The van der Waals surface area contributed by atoms with Crippen molar-refractivity contribution in [1.82, 2.24) is 0 Å². The second-order valence-corrected chi connectivity index (χ2v) is 12.2. The molecule has 0 N–H and O–H groups in total. The molecule has 226 valence electrons. The Labute approximate surface area is 279 Å². The molecule has 0 saturated heterocycles. The minimum atomic E-state index is 0.883. The summed E-state index contributed by atoms with van der Waals surface area (Å²) in [6.45, 7) is 0. The van der Waals surface area contributed by atoms with Crippen LogP contribution in [-0.2, 0) is 0 Å². The van der Waals surface area contributed by atoms with Gasteiger partial charge in [0.2, 0.25) is 0 Å². The second-order valence-electron chi connectivity index (χ2n) is 12.2. The summed E-state index contributed by atoms with van der Waals surface area (Å²) in [6.07, 6.45) is 0. The van der Waals surface area contributed by atoms with Gasteiger partial charge in [-0.2, -0.15) is 0 Å². The van der Waals surface area contributed by atoms with Gasteiger partial charge in [-0.15, -0.1) is 0 Å². The summed E-state index contributed by atoms with van der Waals surface area (Å²) >= 11 is 0. The first-order valence-electron chi connectivity index (χ1n) is 16.3. The Morgan fingerprint density at radius 2 is 0.896 bits per heavy atom. The molecule has 0 aliphatic rings. The first-order chi connectivity index (χ1) is 23.8. The highest BCUT2D eigenvalue weighted by molar-refractivity contribution is 6.15. The van der Waals surface area contributed by atoms with E-state index in [0.29, 0.717) is 0 Å². The van der Waals surface area contributed by atoms with E-state index in [2.05, 4.69) is 193 Å². The zero-order valence-electron chi connectivity index (χ0n) is 26.3. The monoisotopic (exact) mass is 613 g/mol. The van der Waals surface area contributed by atoms with Crippen LogP contribution in [0.3, 0.4) is 0 Å². The lowest BCUT2D eigenvalue weighted by Gasteiger charge is -2.27. The Morgan fingerprint density at radius 1 is 0.333 bits per heavy atom. The fourth-order valence-corrected chi connectivity index (χ4v) is 6.91. The Hall–Kier alpha value is -6.38. The van der Waals surface area contributed by atoms with Crippen molar-refractivity contribution in [2.45, 2.75) is 0 Å². The van der Waals surface area contributed by atoms with Gasteiger partial charge in [0.15, 0.2) is 0 Å². The van der Waals surface area contributed by atoms with E-state index in [4.69, 9.17) is 4.42 Å². The highest BCUT2D eigenvalue weighted by Gasteiger charge is 2.19. The lowest BCUT2D eigenvalue weighted by molar-refractivity contribution is 0.672. The Kier molecular flexibility index (Phi) is 6.84. The van der Waals surface area contributed by atoms with Crippen LogP contribution >= 0.6 is 0 Å². The van der Waals surface area contributed by atoms with Crippen LogP contribution in [0.5, 0.6) is 0 Å². The van der Waals surface area contributed by atoms with Gasteiger partial charge < -0.3 is 9.32 Å². The summed E-state index contributed by atoms with van der Waals surface area (Å²) in [5.74, 6) is 0. The third-order valence-electron chi connectivity index (χ3n) is 9.27. The lowest BCUT2D eigenvalue weighted by atomic mass is 9.93. The van der Waals surface area contributed by atoms with Crippen LogP contribution in [0.4, 0.5) is 17.1 Å². The van der Waals surface area contributed by atoms with Crippen molar-refractivity contribution in [3.05, 3.63) is 188 Å². The van der Waals surface area contributed by atoms with Gasteiger partial charge >= 0.3 is 0 Å². The van der Waals surface area contributed by atoms with Crippen molar-refractivity contribution in [2.24, 2.45) is 0 Å². The highest BCUT2D eigenvalue weighted by Crippen LogP contribution is 2.43. The maximum Gasteiger partial charge on any atom is 0.143 e. The predicted octanol–water partition coefficient (Wildman–Crippen LogP) is 13.2. The molecule has 48 heavy (non-hydrogen) atoms. The molecule has 0 aliphatic carbocycles. The minimum Gasteiger partial charge on any atom is -0.455 e. The van der Waals surface area contributed by atoms with E-state index in [0.717, 1.165) is 44.4 Å². The smallest absolute Gasteiger partial charge is 0.143 e. The maximum atomic E-state index is 6.50. The van der Waals surface area contributed by atoms with Crippen molar-refractivity contribution in [2.75, 3.05) is 4.90 Å². The van der Waals surface area contributed by atoms with Crippen molar-refractivity contribution >= 4 is 49.8 Å². The standard InChI is InChI=1S/C46H31NO/c1-4-12-32(13-5-1)33-20-23-37(24-21-33)47(38-25-28-40(34-14-6-2-7-15-34)43(30-38)35-16-8-3-9-17-35)39-26-29-45-44(31-39)42-27-22-36-18-10-11-19-41(36)46(42)48-45/h1-31H. The Bertz CT molecular complexity index is 2530. The molecule has 0 saturated carbocycles. The molecule has 9 aromatic rings. The highest BCUT2D eigenvalue weighted by atomic mass is 16.3. The number of rotatable bonds is 6. The van der Waals surface area contributed by atoms with Crippen LogP contribution in [0.1, 0.15) is 0 Å². The minimum absolute atomic E-state index is 0.883. The van der Waals surface area contributed by atoms with E-state index in [9.17, 15) is 0 Å². The third-order valence-corrected chi connectivity index (χ3v) is 9.27. The molecular weight excluding hydrogens is 583 g/mol. The first kappa shape index (κ1) is 27.9. The van der Waals surface area contributed by atoms with E-state index in [1.807, 2.05) is 0 Å². The van der Waals surface area contributed by atoms with E-state index in [-0.39, 0.29) is 0 Å². The van der Waals surface area contributed by atoms with Crippen molar-refractivity contribution < 1.29 is 4.42 Å². The zero-order valence-corrected chi connectivity index (χ0v) is 26.3. The van der Waals surface area contributed by atoms with Gasteiger partial charge in [0.25, 0.3) is 0 Å². The fraction of sp³-hybridized carbons (Fsp3) is 0. The summed E-state index contributed by atoms with van der Waals surface area (Å²) in [5.41, 5.74) is 12.2. The average molecular weight is 614 g/mol. The van der Waals surface area contributed by atoms with Crippen LogP contribution in [0.15, 0.2) is 192 Å². The number of furan rings is 1. The van der Waals surface area contributed by atoms with E-state index in [1.165, 1.54) is 38.8 Å². The molecule has 0 aliphatic heterocycles. The zero-order chi connectivity index (χ0) is 31.9. The van der Waals surface area contributed by atoms with Gasteiger partial charge in [0, 0.05) is 33.2 Å². The number of anilines is 3. The molecule has 9 rings (SSSR count). The van der Waals surface area contributed by atoms with Crippen molar-refractivity contribution in [3.63, 3.8) is 0 Å². The maximum absolute atomic E-state index is 6.50. The van der Waals surface area contributed by atoms with Gasteiger partial charge in [-0.3, -0.25) is 0 Å². The quantitative estimate of drug-likeness (QED) is 0.185. The average Bonchev–Trinajstić information content (AvgIpc) is 3.55. The molecular formula is C46H31NO. The molecule has 2 heteroatoms. The summed E-state index contributed by atoms with van der Waals surface area (Å²) < 4.78 is 6.50. The summed E-state index contributed by atoms with van der Waals surface area (Å²) in [7, 11) is 0. The van der Waals surface area contributed by atoms with Crippen molar-refractivity contribution in [1.29, 1.82) is 0 Å². The molecule has 0 bridgehead atoms. The summed E-state index contributed by atoms with van der Waals surface area (Å²) in [6, 6.07) is 66.9. The molecule has 1 aromatic heterocycles. The largest absolute Gasteiger partial charge is 0.455 e. The lowest BCUT2D eigenvalue weighted by Crippen LogP contribution is -2.10. The summed E-state index contributed by atoms with van der Waals surface area (Å²) in [4.78, 5) is 2.36. The molecule has 0 amide bonds. The number of fused-ring (bicyclic) bond motifs is 5. The van der Waals surface area contributed by atoms with Gasteiger partial charge in [-0.1, -0.05) is 140 Å². The molecule has 0 atom stereocenters. The van der Waals surface area contributed by atoms with E-state index >= 15 is 0 Å². The predicted molar refractivity (Wildman–Crippen MR) is 202 cm³/mol.